The zero-order valence-electron chi connectivity index (χ0n) is 11.4. The van der Waals surface area contributed by atoms with E-state index in [-0.39, 0.29) is 23.1 Å². The summed E-state index contributed by atoms with van der Waals surface area (Å²) in [6, 6.07) is 4.45. The summed E-state index contributed by atoms with van der Waals surface area (Å²) < 4.78 is 34.0. The van der Waals surface area contributed by atoms with Crippen LogP contribution in [-0.2, 0) is 4.74 Å². The monoisotopic (exact) mass is 311 g/mol. The van der Waals surface area contributed by atoms with Gasteiger partial charge in [-0.25, -0.2) is 8.78 Å². The molecule has 1 unspecified atom stereocenters. The maximum Gasteiger partial charge on any atom is 0.132 e. The van der Waals surface area contributed by atoms with Crippen molar-refractivity contribution < 1.29 is 13.5 Å². The van der Waals surface area contributed by atoms with E-state index in [2.05, 4.69) is 0 Å². The van der Waals surface area contributed by atoms with Crippen molar-refractivity contribution in [2.45, 2.75) is 31.5 Å². The van der Waals surface area contributed by atoms with Gasteiger partial charge in [0.2, 0.25) is 0 Å². The Bertz CT molecular complexity index is 606. The molecule has 1 aromatic rings. The average Bonchev–Trinajstić information content (AvgIpc) is 2.46. The van der Waals surface area contributed by atoms with Gasteiger partial charge in [-0.15, -0.1) is 0 Å². The van der Waals surface area contributed by atoms with Gasteiger partial charge in [-0.2, -0.15) is 0 Å². The second-order valence-electron chi connectivity index (χ2n) is 5.33. The summed E-state index contributed by atoms with van der Waals surface area (Å²) >= 11 is 6.12. The highest BCUT2D eigenvalue weighted by molar-refractivity contribution is 6.32. The molecule has 1 aliphatic carbocycles. The molecule has 1 heterocycles. The van der Waals surface area contributed by atoms with E-state index in [1.165, 1.54) is 12.1 Å². The minimum Gasteiger partial charge on any atom is -0.489 e. The first-order valence-corrected chi connectivity index (χ1v) is 7.37. The quantitative estimate of drug-likeness (QED) is 0.896. The molecule has 2 atom stereocenters. The Kier molecular flexibility index (Phi) is 4.00. The second-order valence-corrected chi connectivity index (χ2v) is 5.74. The van der Waals surface area contributed by atoms with Gasteiger partial charge in [-0.3, -0.25) is 0 Å². The van der Waals surface area contributed by atoms with Crippen LogP contribution in [0.1, 0.15) is 24.8 Å². The minimum atomic E-state index is -1.15. The minimum absolute atomic E-state index is 0.0662. The first-order valence-electron chi connectivity index (χ1n) is 6.99. The van der Waals surface area contributed by atoms with Crippen LogP contribution in [-0.4, -0.2) is 18.8 Å². The van der Waals surface area contributed by atoms with Gasteiger partial charge >= 0.3 is 0 Å². The van der Waals surface area contributed by atoms with Gasteiger partial charge in [0.05, 0.1) is 5.02 Å². The van der Waals surface area contributed by atoms with E-state index in [1.807, 2.05) is 0 Å². The fraction of sp³-hybridized carbons (Fsp3) is 0.375. The van der Waals surface area contributed by atoms with Crippen molar-refractivity contribution in [3.63, 3.8) is 0 Å². The molecule has 0 bridgehead atoms. The number of ether oxygens (including phenoxy) is 1. The van der Waals surface area contributed by atoms with Crippen molar-refractivity contribution in [1.29, 1.82) is 0 Å². The highest BCUT2D eigenvalue weighted by Crippen LogP contribution is 2.42. The molecule has 3 rings (SSSR count). The molecule has 2 N–H and O–H groups in total. The molecule has 2 aliphatic rings. The lowest BCUT2D eigenvalue weighted by Gasteiger charge is -2.32. The first kappa shape index (κ1) is 14.5. The summed E-state index contributed by atoms with van der Waals surface area (Å²) in [6.07, 6.45) is 1.79. The predicted molar refractivity (Wildman–Crippen MR) is 79.1 cm³/mol. The lowest BCUT2D eigenvalue weighted by Crippen LogP contribution is -2.29. The third-order valence-corrected chi connectivity index (χ3v) is 4.21. The number of benzene rings is 1. The summed E-state index contributed by atoms with van der Waals surface area (Å²) in [5.41, 5.74) is 7.18. The first-order chi connectivity index (χ1) is 10.1. The summed E-state index contributed by atoms with van der Waals surface area (Å²) in [5.74, 6) is 0.0921. The molecule has 5 heteroatoms. The summed E-state index contributed by atoms with van der Waals surface area (Å²) in [7, 11) is 0. The van der Waals surface area contributed by atoms with Crippen LogP contribution in [0.2, 0.25) is 5.02 Å². The summed E-state index contributed by atoms with van der Waals surface area (Å²) in [4.78, 5) is 0. The zero-order chi connectivity index (χ0) is 15.0. The lowest BCUT2D eigenvalue weighted by molar-refractivity contribution is 0.100. The van der Waals surface area contributed by atoms with E-state index in [1.54, 1.807) is 12.1 Å². The zero-order valence-corrected chi connectivity index (χ0v) is 12.2. The molecular formula is C16H16ClF2NO. The van der Waals surface area contributed by atoms with Crippen LogP contribution in [0.4, 0.5) is 8.78 Å². The normalized spacial score (nSPS) is 25.2. The largest absolute Gasteiger partial charge is 0.489 e. The number of alkyl halides is 1. The van der Waals surface area contributed by atoms with Crippen LogP contribution in [0.25, 0.3) is 5.57 Å². The molecule has 1 aromatic carbocycles. The number of hydrogen-bond acceptors (Lipinski definition) is 2. The molecule has 0 aromatic heterocycles. The summed E-state index contributed by atoms with van der Waals surface area (Å²) in [5, 5.41) is 0.268. The van der Waals surface area contributed by atoms with E-state index in [4.69, 9.17) is 22.1 Å². The fourth-order valence-corrected chi connectivity index (χ4v) is 3.16. The van der Waals surface area contributed by atoms with E-state index in [0.717, 1.165) is 12.0 Å². The standard InChI is InChI=1S/C16H16ClF2NO/c17-13-2-1-3-14(19)15(13)12-7-10(18)6-9-4-5-11(8-20)21-16(9)12/h1-3,6,10-11H,4-5,7-8,20H2/t10?,11-/m1/s1. The van der Waals surface area contributed by atoms with Crippen molar-refractivity contribution in [2.24, 2.45) is 5.73 Å². The predicted octanol–water partition coefficient (Wildman–Crippen LogP) is 4.00. The molecule has 1 saturated heterocycles. The molecule has 0 saturated carbocycles. The molecule has 21 heavy (non-hydrogen) atoms. The molecule has 0 amide bonds. The van der Waals surface area contributed by atoms with Gasteiger partial charge in [0.25, 0.3) is 0 Å². The molecule has 112 valence electrons. The molecule has 2 nitrogen and oxygen atoms in total. The Hall–Kier alpha value is -1.39. The average molecular weight is 312 g/mol. The maximum absolute atomic E-state index is 14.2. The smallest absolute Gasteiger partial charge is 0.132 e. The lowest BCUT2D eigenvalue weighted by atomic mass is 9.87. The third kappa shape index (κ3) is 2.70. The number of fused-ring (bicyclic) bond motifs is 1. The van der Waals surface area contributed by atoms with Gasteiger partial charge < -0.3 is 10.5 Å². The molecule has 1 aliphatic heterocycles. The van der Waals surface area contributed by atoms with Gasteiger partial charge in [0, 0.05) is 24.1 Å². The summed E-state index contributed by atoms with van der Waals surface area (Å²) in [6.45, 7) is 0.383. The highest BCUT2D eigenvalue weighted by atomic mass is 35.5. The van der Waals surface area contributed by atoms with E-state index in [9.17, 15) is 8.78 Å². The molecular weight excluding hydrogens is 296 g/mol. The van der Waals surface area contributed by atoms with Crippen LogP contribution in [0.5, 0.6) is 0 Å². The Morgan fingerprint density at radius 3 is 2.90 bits per heavy atom. The molecule has 1 fully saturated rings. The number of hydrogen-bond donors (Lipinski definition) is 1. The topological polar surface area (TPSA) is 35.2 Å². The van der Waals surface area contributed by atoms with Crippen LogP contribution in [0, 0.1) is 5.82 Å². The van der Waals surface area contributed by atoms with Gasteiger partial charge in [0.15, 0.2) is 0 Å². The number of rotatable bonds is 2. The molecule has 0 spiro atoms. The number of allylic oxidation sites excluding steroid dienone is 3. The van der Waals surface area contributed by atoms with Gasteiger partial charge in [-0.05, 0) is 36.6 Å². The SMILES string of the molecule is NC[C@H]1CCC2=CC(F)CC(c3c(F)cccc3Cl)=C2O1. The Morgan fingerprint density at radius 2 is 2.19 bits per heavy atom. The van der Waals surface area contributed by atoms with E-state index >= 15 is 0 Å². The van der Waals surface area contributed by atoms with Crippen LogP contribution < -0.4 is 5.73 Å². The van der Waals surface area contributed by atoms with Crippen molar-refractivity contribution in [3.05, 3.63) is 52.0 Å². The Labute approximate surface area is 127 Å². The Balaban J connectivity index is 2.13. The highest BCUT2D eigenvalue weighted by Gasteiger charge is 2.31. The van der Waals surface area contributed by atoms with E-state index < -0.39 is 12.0 Å². The second kappa shape index (κ2) is 5.78. The number of nitrogens with two attached hydrogens (primary N) is 1. The van der Waals surface area contributed by atoms with Crippen molar-refractivity contribution >= 4 is 17.2 Å². The van der Waals surface area contributed by atoms with Gasteiger partial charge in [-0.1, -0.05) is 17.7 Å². The molecule has 0 radical (unpaired) electrons. The van der Waals surface area contributed by atoms with Crippen LogP contribution in [0.3, 0.4) is 0 Å². The van der Waals surface area contributed by atoms with Crippen LogP contribution in [0.15, 0.2) is 35.6 Å². The van der Waals surface area contributed by atoms with Gasteiger partial charge in [0.1, 0.15) is 23.9 Å². The third-order valence-electron chi connectivity index (χ3n) is 3.89. The van der Waals surface area contributed by atoms with Crippen molar-refractivity contribution in [3.8, 4) is 0 Å². The van der Waals surface area contributed by atoms with Crippen molar-refractivity contribution in [1.82, 2.24) is 0 Å². The number of halogens is 3. The van der Waals surface area contributed by atoms with Crippen LogP contribution >= 0.6 is 11.6 Å². The Morgan fingerprint density at radius 1 is 1.38 bits per heavy atom. The maximum atomic E-state index is 14.2. The van der Waals surface area contributed by atoms with Crippen molar-refractivity contribution in [2.75, 3.05) is 6.54 Å². The van der Waals surface area contributed by atoms with E-state index in [0.29, 0.717) is 24.3 Å². The fourth-order valence-electron chi connectivity index (χ4n) is 2.89.